The first-order chi connectivity index (χ1) is 13.6. The van der Waals surface area contributed by atoms with Gasteiger partial charge in [-0.05, 0) is 40.8 Å². The third-order valence-electron chi connectivity index (χ3n) is 5.00. The van der Waals surface area contributed by atoms with E-state index in [1.54, 1.807) is 48.3 Å². The van der Waals surface area contributed by atoms with Crippen molar-refractivity contribution in [2.24, 2.45) is 0 Å². The minimum atomic E-state index is -0.403. The number of carbonyl (C=O) groups excluding carboxylic acids is 2. The van der Waals surface area contributed by atoms with Crippen molar-refractivity contribution < 1.29 is 14.7 Å². The number of hydrogen-bond acceptors (Lipinski definition) is 4. The number of imide groups is 1. The number of aliphatic hydroxyl groups excluding tert-OH is 1. The van der Waals surface area contributed by atoms with E-state index in [2.05, 4.69) is 20.8 Å². The van der Waals surface area contributed by atoms with Crippen LogP contribution in [0.3, 0.4) is 0 Å². The van der Waals surface area contributed by atoms with Crippen LogP contribution in [0, 0.1) is 0 Å². The number of nitrogens with zero attached hydrogens (tertiary/aromatic N) is 2. The van der Waals surface area contributed by atoms with Crippen LogP contribution in [0.15, 0.2) is 54.2 Å². The van der Waals surface area contributed by atoms with Gasteiger partial charge in [-0.3, -0.25) is 9.59 Å². The third kappa shape index (κ3) is 4.07. The molecule has 0 spiro atoms. The first-order valence-electron chi connectivity index (χ1n) is 9.46. The van der Waals surface area contributed by atoms with Gasteiger partial charge in [-0.1, -0.05) is 56.6 Å². The van der Waals surface area contributed by atoms with Gasteiger partial charge in [-0.15, -0.1) is 0 Å². The van der Waals surface area contributed by atoms with Crippen LogP contribution < -0.4 is 4.90 Å². The minimum Gasteiger partial charge on any atom is -0.395 e. The molecule has 2 aromatic carbocycles. The number of aliphatic hydroxyl groups is 1. The molecular weight excluding hydrogens is 388 g/mol. The number of hydrogen-bond donors (Lipinski definition) is 1. The number of anilines is 1. The van der Waals surface area contributed by atoms with E-state index in [1.807, 2.05) is 12.1 Å². The summed E-state index contributed by atoms with van der Waals surface area (Å²) in [6, 6.07) is 14.3. The molecule has 0 radical (unpaired) electrons. The minimum absolute atomic E-state index is 0.0310. The molecule has 5 nitrogen and oxygen atoms in total. The number of carbonyl (C=O) groups is 2. The van der Waals surface area contributed by atoms with Gasteiger partial charge < -0.3 is 10.0 Å². The van der Waals surface area contributed by atoms with Gasteiger partial charge in [-0.25, -0.2) is 4.90 Å². The topological polar surface area (TPSA) is 60.9 Å². The summed E-state index contributed by atoms with van der Waals surface area (Å²) in [7, 11) is 1.69. The van der Waals surface area contributed by atoms with Crippen molar-refractivity contribution in [2.45, 2.75) is 26.2 Å². The summed E-state index contributed by atoms with van der Waals surface area (Å²) in [5.41, 5.74) is 2.79. The van der Waals surface area contributed by atoms with E-state index in [-0.39, 0.29) is 30.2 Å². The Labute approximate surface area is 176 Å². The standard InChI is InChI=1S/C23H25ClN2O3/c1-23(2,3)16-7-11-18(12-8-16)26-21(28)19(15-5-9-17(24)10-6-15)20(22(26)29)25(4)13-14-27/h5-12,27H,13-14H2,1-4H3. The zero-order valence-electron chi connectivity index (χ0n) is 17.1. The van der Waals surface area contributed by atoms with Gasteiger partial charge in [0.15, 0.2) is 0 Å². The van der Waals surface area contributed by atoms with Crippen molar-refractivity contribution in [3.63, 3.8) is 0 Å². The van der Waals surface area contributed by atoms with E-state index in [4.69, 9.17) is 11.6 Å². The molecule has 1 aliphatic heterocycles. The van der Waals surface area contributed by atoms with E-state index in [9.17, 15) is 14.7 Å². The summed E-state index contributed by atoms with van der Waals surface area (Å²) in [5, 5.41) is 9.89. The molecule has 0 bridgehead atoms. The van der Waals surface area contributed by atoms with E-state index in [1.165, 1.54) is 4.90 Å². The molecule has 152 valence electrons. The Balaban J connectivity index is 2.06. The van der Waals surface area contributed by atoms with Gasteiger partial charge in [0.1, 0.15) is 5.70 Å². The molecule has 0 fully saturated rings. The highest BCUT2D eigenvalue weighted by atomic mass is 35.5. The molecule has 2 amide bonds. The Kier molecular flexibility index (Phi) is 5.82. The van der Waals surface area contributed by atoms with Crippen molar-refractivity contribution in [3.8, 4) is 0 Å². The molecular formula is C23H25ClN2O3. The summed E-state index contributed by atoms with van der Waals surface area (Å²) >= 11 is 5.99. The lowest BCUT2D eigenvalue weighted by Crippen LogP contribution is -2.35. The lowest BCUT2D eigenvalue weighted by molar-refractivity contribution is -0.120. The molecule has 6 heteroatoms. The van der Waals surface area contributed by atoms with E-state index in [0.717, 1.165) is 5.56 Å². The highest BCUT2D eigenvalue weighted by Gasteiger charge is 2.41. The summed E-state index contributed by atoms with van der Waals surface area (Å²) in [6.07, 6.45) is 0. The molecule has 0 unspecified atom stereocenters. The molecule has 1 aliphatic rings. The number of likely N-dealkylation sites (N-methyl/N-ethyl adjacent to an activating group) is 1. The molecule has 0 saturated carbocycles. The smallest absolute Gasteiger partial charge is 0.282 e. The Morgan fingerprint density at radius 2 is 1.55 bits per heavy atom. The molecule has 0 saturated heterocycles. The number of benzene rings is 2. The van der Waals surface area contributed by atoms with Crippen molar-refractivity contribution >= 4 is 34.7 Å². The van der Waals surface area contributed by atoms with Crippen LogP contribution in [0.25, 0.3) is 5.57 Å². The van der Waals surface area contributed by atoms with Crippen LogP contribution in [-0.4, -0.2) is 42.0 Å². The second kappa shape index (κ2) is 8.01. The highest BCUT2D eigenvalue weighted by Crippen LogP contribution is 2.35. The van der Waals surface area contributed by atoms with Crippen molar-refractivity contribution in [1.29, 1.82) is 0 Å². The Bertz CT molecular complexity index is 957. The SMILES string of the molecule is CN(CCO)C1=C(c2ccc(Cl)cc2)C(=O)N(c2ccc(C(C)(C)C)cc2)C1=O. The van der Waals surface area contributed by atoms with Gasteiger partial charge in [0.05, 0.1) is 17.9 Å². The van der Waals surface area contributed by atoms with Crippen molar-refractivity contribution in [1.82, 2.24) is 4.90 Å². The van der Waals surface area contributed by atoms with Crippen molar-refractivity contribution in [2.75, 3.05) is 25.1 Å². The Morgan fingerprint density at radius 3 is 2.07 bits per heavy atom. The first-order valence-corrected chi connectivity index (χ1v) is 9.84. The summed E-state index contributed by atoms with van der Waals surface area (Å²) < 4.78 is 0. The molecule has 2 aromatic rings. The fraction of sp³-hybridized carbons (Fsp3) is 0.304. The predicted octanol–water partition coefficient (Wildman–Crippen LogP) is 3.85. The molecule has 1 N–H and O–H groups in total. The second-order valence-electron chi connectivity index (χ2n) is 8.12. The third-order valence-corrected chi connectivity index (χ3v) is 5.25. The average molecular weight is 413 g/mol. The number of amides is 2. The van der Waals surface area contributed by atoms with Crippen LogP contribution in [0.5, 0.6) is 0 Å². The van der Waals surface area contributed by atoms with Crippen LogP contribution in [0.2, 0.25) is 5.02 Å². The molecule has 0 atom stereocenters. The van der Waals surface area contributed by atoms with E-state index >= 15 is 0 Å². The zero-order valence-corrected chi connectivity index (χ0v) is 17.8. The van der Waals surface area contributed by atoms with E-state index < -0.39 is 5.91 Å². The van der Waals surface area contributed by atoms with Gasteiger partial charge >= 0.3 is 0 Å². The summed E-state index contributed by atoms with van der Waals surface area (Å²) in [4.78, 5) is 29.4. The molecule has 29 heavy (non-hydrogen) atoms. The second-order valence-corrected chi connectivity index (χ2v) is 8.55. The molecule has 1 heterocycles. The normalized spacial score (nSPS) is 14.8. The van der Waals surface area contributed by atoms with Gasteiger partial charge in [0.25, 0.3) is 11.8 Å². The van der Waals surface area contributed by atoms with Crippen LogP contribution >= 0.6 is 11.6 Å². The van der Waals surface area contributed by atoms with Gasteiger partial charge in [-0.2, -0.15) is 0 Å². The maximum atomic E-state index is 13.3. The number of rotatable bonds is 5. The Hall–Kier alpha value is -2.63. The largest absolute Gasteiger partial charge is 0.395 e. The predicted molar refractivity (Wildman–Crippen MR) is 116 cm³/mol. The summed E-state index contributed by atoms with van der Waals surface area (Å²) in [6.45, 7) is 6.43. The Morgan fingerprint density at radius 1 is 0.966 bits per heavy atom. The van der Waals surface area contributed by atoms with Gasteiger partial charge in [0, 0.05) is 18.6 Å². The fourth-order valence-corrected chi connectivity index (χ4v) is 3.48. The monoisotopic (exact) mass is 412 g/mol. The molecule has 0 aromatic heterocycles. The zero-order chi connectivity index (χ0) is 21.3. The fourth-order valence-electron chi connectivity index (χ4n) is 3.36. The quantitative estimate of drug-likeness (QED) is 0.758. The molecule has 3 rings (SSSR count). The highest BCUT2D eigenvalue weighted by molar-refractivity contribution is 6.45. The first kappa shape index (κ1) is 21.1. The lowest BCUT2D eigenvalue weighted by atomic mass is 9.87. The van der Waals surface area contributed by atoms with Gasteiger partial charge in [0.2, 0.25) is 0 Å². The van der Waals surface area contributed by atoms with Crippen LogP contribution in [0.1, 0.15) is 31.9 Å². The van der Waals surface area contributed by atoms with E-state index in [0.29, 0.717) is 21.8 Å². The number of halogens is 1. The molecule has 0 aliphatic carbocycles. The maximum Gasteiger partial charge on any atom is 0.282 e. The average Bonchev–Trinajstić information content (AvgIpc) is 2.92. The van der Waals surface area contributed by atoms with Crippen molar-refractivity contribution in [3.05, 3.63) is 70.4 Å². The lowest BCUT2D eigenvalue weighted by Gasteiger charge is -2.22. The summed E-state index contributed by atoms with van der Waals surface area (Å²) in [5.74, 6) is -0.792. The maximum absolute atomic E-state index is 13.3. The van der Waals surface area contributed by atoms with Crippen LogP contribution in [0.4, 0.5) is 5.69 Å². The van der Waals surface area contributed by atoms with Crippen LogP contribution in [-0.2, 0) is 15.0 Å².